The van der Waals surface area contributed by atoms with E-state index in [2.05, 4.69) is 67.2 Å². The Morgan fingerprint density at radius 1 is 0.700 bits per heavy atom. The number of allylic oxidation sites excluding steroid dienone is 1. The Hall–Kier alpha value is -1.82. The molecule has 0 bridgehead atoms. The number of benzene rings is 2. The van der Waals surface area contributed by atoms with Gasteiger partial charge in [0.1, 0.15) is 0 Å². The lowest BCUT2D eigenvalue weighted by molar-refractivity contribution is 1.19. The molecular formula is C20H30. The first-order valence-corrected chi connectivity index (χ1v) is 7.51. The van der Waals surface area contributed by atoms with E-state index in [-0.39, 0.29) is 0 Å². The van der Waals surface area contributed by atoms with Crippen molar-refractivity contribution in [1.29, 1.82) is 0 Å². The van der Waals surface area contributed by atoms with Gasteiger partial charge in [0.25, 0.3) is 0 Å². The first-order chi connectivity index (χ1) is 9.86. The van der Waals surface area contributed by atoms with E-state index in [0.29, 0.717) is 0 Å². The minimum absolute atomic E-state index is 1.03. The maximum absolute atomic E-state index is 3.36. The van der Waals surface area contributed by atoms with Crippen LogP contribution in [0.4, 0.5) is 0 Å². The second-order valence-electron chi connectivity index (χ2n) is 3.56. The third kappa shape index (κ3) is 11.3. The van der Waals surface area contributed by atoms with E-state index < -0.39 is 0 Å². The minimum Gasteiger partial charge on any atom is -0.103 e. The van der Waals surface area contributed by atoms with Gasteiger partial charge < -0.3 is 0 Å². The molecule has 0 spiro atoms. The first kappa shape index (κ1) is 20.5. The van der Waals surface area contributed by atoms with Gasteiger partial charge in [-0.15, -0.1) is 6.58 Å². The Bertz CT molecular complexity index is 349. The van der Waals surface area contributed by atoms with Crippen LogP contribution in [-0.4, -0.2) is 0 Å². The summed E-state index contributed by atoms with van der Waals surface area (Å²) in [4.78, 5) is 0. The van der Waals surface area contributed by atoms with Crippen molar-refractivity contribution in [2.75, 3.05) is 0 Å². The highest BCUT2D eigenvalue weighted by Crippen LogP contribution is 2.07. The molecule has 0 unspecified atom stereocenters. The average molecular weight is 270 g/mol. The van der Waals surface area contributed by atoms with E-state index in [1.165, 1.54) is 11.1 Å². The largest absolute Gasteiger partial charge is 0.103 e. The molecule has 0 N–H and O–H groups in total. The van der Waals surface area contributed by atoms with E-state index in [4.69, 9.17) is 0 Å². The van der Waals surface area contributed by atoms with Gasteiger partial charge in [-0.25, -0.2) is 0 Å². The molecule has 0 saturated carbocycles. The van der Waals surface area contributed by atoms with Crippen LogP contribution >= 0.6 is 0 Å². The Labute approximate surface area is 126 Å². The zero-order valence-electron chi connectivity index (χ0n) is 13.8. The molecule has 0 nitrogen and oxygen atoms in total. The molecule has 0 aliphatic carbocycles. The Morgan fingerprint density at radius 3 is 1.20 bits per heavy atom. The Kier molecular flexibility index (Phi) is 17.6. The van der Waals surface area contributed by atoms with Gasteiger partial charge in [0, 0.05) is 0 Å². The molecule has 2 aromatic rings. The fraction of sp³-hybridized carbons (Fsp3) is 0.300. The molecular weight excluding hydrogens is 240 g/mol. The van der Waals surface area contributed by atoms with Crippen LogP contribution in [0.15, 0.2) is 73.3 Å². The van der Waals surface area contributed by atoms with Gasteiger partial charge in [-0.3, -0.25) is 0 Å². The maximum Gasteiger partial charge on any atom is -0.00258 e. The van der Waals surface area contributed by atoms with Gasteiger partial charge in [-0.2, -0.15) is 0 Å². The van der Waals surface area contributed by atoms with Crippen molar-refractivity contribution < 1.29 is 0 Å². The molecule has 0 heteroatoms. The summed E-state index contributed by atoms with van der Waals surface area (Å²) in [5, 5.41) is 0. The fourth-order valence-corrected chi connectivity index (χ4v) is 1.43. The van der Waals surface area contributed by atoms with Gasteiger partial charge in [0.15, 0.2) is 0 Å². The highest BCUT2D eigenvalue weighted by atomic mass is 14.0. The van der Waals surface area contributed by atoms with E-state index in [1.54, 1.807) is 6.08 Å². The molecule has 2 aromatic carbocycles. The SMILES string of the molecule is C=CC.CC.CC.c1ccc(Cc2ccccc2)cc1. The summed E-state index contributed by atoms with van der Waals surface area (Å²) >= 11 is 0. The molecule has 2 rings (SSSR count). The summed E-state index contributed by atoms with van der Waals surface area (Å²) in [5.41, 5.74) is 2.74. The molecule has 0 aliphatic heterocycles. The fourth-order valence-electron chi connectivity index (χ4n) is 1.43. The van der Waals surface area contributed by atoms with Crippen molar-refractivity contribution in [3.8, 4) is 0 Å². The van der Waals surface area contributed by atoms with Crippen LogP contribution in [0, 0.1) is 0 Å². The summed E-state index contributed by atoms with van der Waals surface area (Å²) in [7, 11) is 0. The van der Waals surface area contributed by atoms with Gasteiger partial charge in [0.2, 0.25) is 0 Å². The van der Waals surface area contributed by atoms with Crippen LogP contribution in [0.1, 0.15) is 45.7 Å². The Morgan fingerprint density at radius 2 is 0.950 bits per heavy atom. The van der Waals surface area contributed by atoms with Crippen molar-refractivity contribution >= 4 is 0 Å². The normalized spacial score (nSPS) is 7.65. The third-order valence-corrected chi connectivity index (χ3v) is 2.09. The van der Waals surface area contributed by atoms with E-state index in [9.17, 15) is 0 Å². The van der Waals surface area contributed by atoms with Crippen molar-refractivity contribution in [3.05, 3.63) is 84.4 Å². The predicted molar refractivity (Wildman–Crippen MR) is 94.3 cm³/mol. The molecule has 0 aliphatic rings. The van der Waals surface area contributed by atoms with E-state index in [1.807, 2.05) is 34.6 Å². The summed E-state index contributed by atoms with van der Waals surface area (Å²) < 4.78 is 0. The van der Waals surface area contributed by atoms with Crippen molar-refractivity contribution in [2.24, 2.45) is 0 Å². The molecule has 0 heterocycles. The third-order valence-electron chi connectivity index (χ3n) is 2.09. The van der Waals surface area contributed by atoms with E-state index >= 15 is 0 Å². The molecule has 0 fully saturated rings. The van der Waals surface area contributed by atoms with Crippen LogP contribution in [0.3, 0.4) is 0 Å². The van der Waals surface area contributed by atoms with Gasteiger partial charge in [-0.05, 0) is 24.5 Å². The smallest absolute Gasteiger partial charge is 0.00258 e. The van der Waals surface area contributed by atoms with Gasteiger partial charge >= 0.3 is 0 Å². The van der Waals surface area contributed by atoms with Gasteiger partial charge in [-0.1, -0.05) is 94.4 Å². The molecule has 0 aromatic heterocycles. The zero-order valence-corrected chi connectivity index (χ0v) is 13.8. The minimum atomic E-state index is 1.03. The lowest BCUT2D eigenvalue weighted by Crippen LogP contribution is -1.85. The lowest BCUT2D eigenvalue weighted by atomic mass is 10.1. The van der Waals surface area contributed by atoms with Crippen LogP contribution in [-0.2, 0) is 6.42 Å². The molecule has 20 heavy (non-hydrogen) atoms. The summed E-state index contributed by atoms with van der Waals surface area (Å²) in [6, 6.07) is 21.1. The molecule has 0 amide bonds. The molecule has 0 atom stereocenters. The topological polar surface area (TPSA) is 0 Å². The van der Waals surface area contributed by atoms with Crippen molar-refractivity contribution in [2.45, 2.75) is 41.0 Å². The zero-order chi connectivity index (χ0) is 15.6. The predicted octanol–water partition coefficient (Wildman–Crippen LogP) is 6.52. The van der Waals surface area contributed by atoms with Crippen LogP contribution in [0.2, 0.25) is 0 Å². The second-order valence-corrected chi connectivity index (χ2v) is 3.56. The lowest BCUT2D eigenvalue weighted by Gasteiger charge is -2.00. The summed E-state index contributed by atoms with van der Waals surface area (Å²) in [6.45, 7) is 13.2. The highest BCUT2D eigenvalue weighted by molar-refractivity contribution is 5.25. The number of rotatable bonds is 2. The van der Waals surface area contributed by atoms with Gasteiger partial charge in [0.05, 0.1) is 0 Å². The van der Waals surface area contributed by atoms with Crippen molar-refractivity contribution in [3.63, 3.8) is 0 Å². The number of hydrogen-bond acceptors (Lipinski definition) is 0. The first-order valence-electron chi connectivity index (χ1n) is 7.51. The molecule has 110 valence electrons. The quantitative estimate of drug-likeness (QED) is 0.545. The summed E-state index contributed by atoms with van der Waals surface area (Å²) in [6.07, 6.45) is 2.78. The maximum atomic E-state index is 3.36. The average Bonchev–Trinajstić information content (AvgIpc) is 2.54. The molecule has 0 saturated heterocycles. The molecule has 0 radical (unpaired) electrons. The van der Waals surface area contributed by atoms with Crippen molar-refractivity contribution in [1.82, 2.24) is 0 Å². The van der Waals surface area contributed by atoms with Crippen LogP contribution in [0.25, 0.3) is 0 Å². The van der Waals surface area contributed by atoms with E-state index in [0.717, 1.165) is 6.42 Å². The Balaban J connectivity index is 0. The van der Waals surface area contributed by atoms with Crippen LogP contribution in [0.5, 0.6) is 0 Å². The second kappa shape index (κ2) is 17.2. The highest BCUT2D eigenvalue weighted by Gasteiger charge is 1.92. The monoisotopic (exact) mass is 270 g/mol. The summed E-state index contributed by atoms with van der Waals surface area (Å²) in [5.74, 6) is 0. The van der Waals surface area contributed by atoms with Crippen LogP contribution < -0.4 is 0 Å². The standard InChI is InChI=1S/C13H12.C3H6.2C2H6/c1-3-7-12(8-4-1)11-13-9-5-2-6-10-13;1-3-2;2*1-2/h1-10H,11H2;3H,1H2,2H3;2*1-2H3. The number of hydrogen-bond donors (Lipinski definition) is 0.